The maximum absolute atomic E-state index is 15.6. The van der Waals surface area contributed by atoms with Crippen LogP contribution >= 0.6 is 11.6 Å². The third kappa shape index (κ3) is 7.01. The van der Waals surface area contributed by atoms with E-state index in [1.165, 1.54) is 56.3 Å². The van der Waals surface area contributed by atoms with Crippen LogP contribution in [0, 0.1) is 0 Å². The number of amides is 2. The Bertz CT molecular complexity index is 2010. The first-order chi connectivity index (χ1) is 25.0. The molecule has 2 N–H and O–H groups in total. The van der Waals surface area contributed by atoms with E-state index in [1.807, 2.05) is 6.07 Å². The van der Waals surface area contributed by atoms with Gasteiger partial charge in [0.15, 0.2) is 11.3 Å². The molecule has 3 aromatic rings. The monoisotopic (exact) mass is 781 g/mol. The average Bonchev–Trinajstić information content (AvgIpc) is 3.61. The number of fused-ring (bicyclic) bond motifs is 1. The number of anilines is 1. The largest absolute Gasteiger partial charge is 0.573 e. The number of hydrogen-bond donors (Lipinski definition) is 2. The number of nitrogens with one attached hydrogen (secondary N) is 1. The van der Waals surface area contributed by atoms with Crippen molar-refractivity contribution in [3.05, 3.63) is 76.3 Å². The number of hydrogen-bond acceptors (Lipinski definition) is 11. The van der Waals surface area contributed by atoms with Gasteiger partial charge in [-0.15, -0.1) is 13.2 Å². The number of halogens is 4. The highest BCUT2D eigenvalue weighted by atomic mass is 35.5. The third-order valence-electron chi connectivity index (χ3n) is 9.66. The van der Waals surface area contributed by atoms with Crippen LogP contribution in [0.5, 0.6) is 17.2 Å². The molecule has 2 amide bonds. The lowest BCUT2D eigenvalue weighted by atomic mass is 9.80. The summed E-state index contributed by atoms with van der Waals surface area (Å²) in [5, 5.41) is 14.5. The molecule has 3 aliphatic rings. The molecule has 3 aliphatic heterocycles. The Morgan fingerprint density at radius 2 is 1.74 bits per heavy atom. The Hall–Kier alpha value is -4.13. The summed E-state index contributed by atoms with van der Waals surface area (Å²) >= 11 is 6.59. The van der Waals surface area contributed by atoms with Crippen molar-refractivity contribution in [2.24, 2.45) is 0 Å². The molecule has 0 aliphatic carbocycles. The molecule has 3 atom stereocenters. The summed E-state index contributed by atoms with van der Waals surface area (Å²) in [6, 6.07) is 10.7. The van der Waals surface area contributed by atoms with E-state index in [2.05, 4.69) is 15.0 Å². The van der Waals surface area contributed by atoms with Gasteiger partial charge in [-0.25, -0.2) is 12.7 Å². The van der Waals surface area contributed by atoms with Gasteiger partial charge in [-0.2, -0.15) is 0 Å². The van der Waals surface area contributed by atoms with Gasteiger partial charge in [-0.3, -0.25) is 19.4 Å². The molecule has 0 radical (unpaired) electrons. The molecule has 2 saturated heterocycles. The van der Waals surface area contributed by atoms with Crippen LogP contribution in [0.25, 0.3) is 0 Å². The predicted octanol–water partition coefficient (Wildman–Crippen LogP) is 3.16. The number of carbonyl (C=O) groups excluding carboxylic acids is 2. The Balaban J connectivity index is 1.65. The molecular weight excluding hydrogens is 743 g/mol. The van der Waals surface area contributed by atoms with Crippen LogP contribution in [-0.4, -0.2) is 120 Å². The summed E-state index contributed by atoms with van der Waals surface area (Å²) in [6.45, 7) is 3.16. The fourth-order valence-electron chi connectivity index (χ4n) is 7.39. The second-order valence-electron chi connectivity index (χ2n) is 13.2. The first-order valence-corrected chi connectivity index (χ1v) is 18.4. The third-order valence-corrected chi connectivity index (χ3v) is 11.6. The number of alkyl halides is 3. The van der Waals surface area contributed by atoms with Crippen molar-refractivity contribution in [1.82, 2.24) is 20.0 Å². The number of benzene rings is 3. The van der Waals surface area contributed by atoms with E-state index in [1.54, 1.807) is 12.1 Å². The van der Waals surface area contributed by atoms with E-state index < -0.39 is 56.5 Å². The molecule has 6 rings (SSSR count). The van der Waals surface area contributed by atoms with E-state index in [4.69, 9.17) is 21.1 Å². The van der Waals surface area contributed by atoms with Crippen molar-refractivity contribution in [2.45, 2.75) is 41.9 Å². The maximum atomic E-state index is 15.6. The van der Waals surface area contributed by atoms with Gasteiger partial charge >= 0.3 is 6.36 Å². The van der Waals surface area contributed by atoms with Gasteiger partial charge in [0.2, 0.25) is 5.91 Å². The van der Waals surface area contributed by atoms with Gasteiger partial charge in [0, 0.05) is 75.6 Å². The van der Waals surface area contributed by atoms with Gasteiger partial charge in [0.25, 0.3) is 15.9 Å². The van der Waals surface area contributed by atoms with Crippen LogP contribution < -0.4 is 23.8 Å². The Morgan fingerprint density at radius 3 is 2.38 bits per heavy atom. The lowest BCUT2D eigenvalue weighted by molar-refractivity contribution is -0.275. The molecule has 53 heavy (non-hydrogen) atoms. The number of methoxy groups -OCH3 is 2. The number of likely N-dealkylation sites (N-methyl/N-ethyl adjacent to an activating group) is 1. The number of likely N-dealkylation sites (tertiary alicyclic amines) is 1. The summed E-state index contributed by atoms with van der Waals surface area (Å²) in [5.74, 6) is -2.77. The zero-order valence-electron chi connectivity index (χ0n) is 29.3. The Labute approximate surface area is 309 Å². The molecule has 2 fully saturated rings. The van der Waals surface area contributed by atoms with Gasteiger partial charge in [-0.05, 0) is 54.4 Å². The van der Waals surface area contributed by atoms with Gasteiger partial charge in [0.1, 0.15) is 16.4 Å². The van der Waals surface area contributed by atoms with Gasteiger partial charge in [-0.1, -0.05) is 17.7 Å². The van der Waals surface area contributed by atoms with Crippen LogP contribution in [0.1, 0.15) is 23.1 Å². The topological polar surface area (TPSA) is 141 Å². The van der Waals surface area contributed by atoms with Crippen LogP contribution in [0.2, 0.25) is 5.02 Å². The minimum absolute atomic E-state index is 0.00801. The quantitative estimate of drug-likeness (QED) is 0.314. The summed E-state index contributed by atoms with van der Waals surface area (Å²) in [7, 11) is 0.319. The standard InChI is InChI=1S/C35H39ClF3N5O8S/c1-41(2)32(46)28-17-23(45)20-43(28)34(26-15-21(5-9-29(26)51-4)19-42-13-11-40-12-14-42)25-16-22(36)6-8-27(25)44(33(34)47)53(48,49)31-10-7-24(50-3)18-30(31)52-35(37,38)39/h5-10,15-16,18,23,28,40,45H,11-14,17,19-20H2,1-4H3/t23-,28+,34?/m1/s1. The molecule has 0 saturated carbocycles. The molecule has 0 bridgehead atoms. The summed E-state index contributed by atoms with van der Waals surface area (Å²) < 4.78 is 86.2. The summed E-state index contributed by atoms with van der Waals surface area (Å²) in [5.41, 5.74) is -1.57. The second-order valence-corrected chi connectivity index (χ2v) is 15.3. The highest BCUT2D eigenvalue weighted by Gasteiger charge is 2.64. The Morgan fingerprint density at radius 1 is 1.02 bits per heavy atom. The van der Waals surface area contributed by atoms with Crippen LogP contribution in [-0.2, 0) is 31.7 Å². The minimum atomic E-state index is -5.31. The molecule has 3 heterocycles. The number of carbonyl (C=O) groups is 2. The zero-order valence-corrected chi connectivity index (χ0v) is 30.9. The number of aliphatic hydroxyl groups is 1. The van der Waals surface area contributed by atoms with Crippen LogP contribution in [0.15, 0.2) is 59.5 Å². The number of nitrogens with zero attached hydrogens (tertiary/aromatic N) is 4. The smallest absolute Gasteiger partial charge is 0.497 e. The summed E-state index contributed by atoms with van der Waals surface area (Å²) in [4.78, 5) is 33.4. The van der Waals surface area contributed by atoms with Crippen molar-refractivity contribution >= 4 is 39.1 Å². The number of rotatable bonds is 10. The minimum Gasteiger partial charge on any atom is -0.497 e. The SMILES string of the molecule is COc1ccc(S(=O)(=O)N2C(=O)C(c3cc(CN4CCNCC4)ccc3OC)(N3C[C@H](O)C[C@H]3C(=O)N(C)C)c3cc(Cl)ccc32)c(OC(F)(F)F)c1. The first kappa shape index (κ1) is 38.6. The first-order valence-electron chi connectivity index (χ1n) is 16.6. The highest BCUT2D eigenvalue weighted by Crippen LogP contribution is 2.55. The number of aliphatic hydroxyl groups excluding tert-OH is 1. The molecule has 3 aromatic carbocycles. The highest BCUT2D eigenvalue weighted by molar-refractivity contribution is 7.93. The van der Waals surface area contributed by atoms with Crippen LogP contribution in [0.4, 0.5) is 18.9 Å². The van der Waals surface area contributed by atoms with Crippen molar-refractivity contribution < 1.29 is 50.5 Å². The van der Waals surface area contributed by atoms with Gasteiger partial charge < -0.3 is 29.5 Å². The molecular formula is C35H39ClF3N5O8S. The molecule has 0 spiro atoms. The van der Waals surface area contributed by atoms with Crippen molar-refractivity contribution in [3.63, 3.8) is 0 Å². The second kappa shape index (κ2) is 14.6. The Kier molecular flexibility index (Phi) is 10.6. The predicted molar refractivity (Wildman–Crippen MR) is 188 cm³/mol. The maximum Gasteiger partial charge on any atom is 0.573 e. The molecule has 0 aromatic heterocycles. The number of sulfonamides is 1. The molecule has 18 heteroatoms. The molecule has 13 nitrogen and oxygen atoms in total. The number of piperazine rings is 1. The number of β-amino-alcohol motifs (C(OH)–C–C–N with tert-alkyl or cyclic N) is 1. The van der Waals surface area contributed by atoms with Gasteiger partial charge in [0.05, 0.1) is 32.1 Å². The van der Waals surface area contributed by atoms with E-state index in [9.17, 15) is 31.5 Å². The van der Waals surface area contributed by atoms with E-state index in [0.29, 0.717) is 10.8 Å². The van der Waals surface area contributed by atoms with E-state index >= 15 is 4.79 Å². The normalized spacial score (nSPS) is 22.5. The summed E-state index contributed by atoms with van der Waals surface area (Å²) in [6.07, 6.45) is -6.56. The van der Waals surface area contributed by atoms with Crippen LogP contribution in [0.3, 0.4) is 0 Å². The van der Waals surface area contributed by atoms with E-state index in [-0.39, 0.29) is 46.3 Å². The molecule has 1 unspecified atom stereocenters. The lowest BCUT2D eigenvalue weighted by Gasteiger charge is -2.42. The van der Waals surface area contributed by atoms with Crippen molar-refractivity contribution in [3.8, 4) is 17.2 Å². The van der Waals surface area contributed by atoms with E-state index in [0.717, 1.165) is 49.9 Å². The fourth-order valence-corrected chi connectivity index (χ4v) is 9.12. The number of ether oxygens (including phenoxy) is 3. The zero-order chi connectivity index (χ0) is 38.5. The lowest BCUT2D eigenvalue weighted by Crippen LogP contribution is -2.59. The fraction of sp³-hybridized carbons (Fsp3) is 0.429. The average molecular weight is 782 g/mol. The van der Waals surface area contributed by atoms with Crippen molar-refractivity contribution in [1.29, 1.82) is 0 Å². The van der Waals surface area contributed by atoms with Crippen molar-refractivity contribution in [2.75, 3.05) is 65.3 Å². The molecule has 286 valence electrons.